The van der Waals surface area contributed by atoms with Crippen molar-refractivity contribution in [3.63, 3.8) is 0 Å². The molecular formula is C21H24N6O3. The van der Waals surface area contributed by atoms with Crippen molar-refractivity contribution in [3.05, 3.63) is 53.6 Å². The smallest absolute Gasteiger partial charge is 0.270 e. The molecule has 1 aromatic carbocycles. The van der Waals surface area contributed by atoms with Gasteiger partial charge in [0, 0.05) is 30.9 Å². The summed E-state index contributed by atoms with van der Waals surface area (Å²) >= 11 is 0. The van der Waals surface area contributed by atoms with Crippen LogP contribution in [0, 0.1) is 6.92 Å². The summed E-state index contributed by atoms with van der Waals surface area (Å²) in [5.41, 5.74) is 1.28. The zero-order valence-electron chi connectivity index (χ0n) is 17.0. The number of amides is 2. The van der Waals surface area contributed by atoms with E-state index in [2.05, 4.69) is 20.4 Å². The van der Waals surface area contributed by atoms with Crippen molar-refractivity contribution in [1.29, 1.82) is 0 Å². The molecule has 4 rings (SSSR count). The number of rotatable bonds is 5. The van der Waals surface area contributed by atoms with Gasteiger partial charge in [-0.1, -0.05) is 18.2 Å². The van der Waals surface area contributed by atoms with Crippen LogP contribution in [0.2, 0.25) is 0 Å². The Morgan fingerprint density at radius 2 is 1.97 bits per heavy atom. The Hall–Kier alpha value is -3.49. The summed E-state index contributed by atoms with van der Waals surface area (Å²) in [5.74, 6) is 1.53. The highest BCUT2D eigenvalue weighted by atomic mass is 16.5. The summed E-state index contributed by atoms with van der Waals surface area (Å²) < 4.78 is 6.79. The minimum absolute atomic E-state index is 0.000597. The third-order valence-corrected chi connectivity index (χ3v) is 5.30. The highest BCUT2D eigenvalue weighted by Gasteiger charge is 2.25. The monoisotopic (exact) mass is 408 g/mol. The first kappa shape index (κ1) is 19.8. The maximum atomic E-state index is 12.7. The van der Waals surface area contributed by atoms with Gasteiger partial charge in [-0.05, 0) is 31.9 Å². The SMILES string of the molecule is COc1ccccc1CC(=O)N1CCC(NC(=O)c2ccnc3nc(C)nn23)CC1. The van der Waals surface area contributed by atoms with Gasteiger partial charge in [0.25, 0.3) is 11.7 Å². The van der Waals surface area contributed by atoms with Crippen molar-refractivity contribution in [2.24, 2.45) is 0 Å². The van der Waals surface area contributed by atoms with Crippen LogP contribution in [0.4, 0.5) is 0 Å². The van der Waals surface area contributed by atoms with Gasteiger partial charge >= 0.3 is 0 Å². The highest BCUT2D eigenvalue weighted by Crippen LogP contribution is 2.20. The molecule has 0 spiro atoms. The largest absolute Gasteiger partial charge is 0.496 e. The summed E-state index contributed by atoms with van der Waals surface area (Å²) in [5, 5.41) is 7.29. The van der Waals surface area contributed by atoms with Crippen LogP contribution in [0.15, 0.2) is 36.5 Å². The minimum Gasteiger partial charge on any atom is -0.496 e. The van der Waals surface area contributed by atoms with Crippen molar-refractivity contribution in [1.82, 2.24) is 29.8 Å². The first-order valence-corrected chi connectivity index (χ1v) is 9.94. The predicted octanol–water partition coefficient (Wildman–Crippen LogP) is 1.40. The van der Waals surface area contributed by atoms with Gasteiger partial charge in [0.05, 0.1) is 13.5 Å². The number of hydrogen-bond donors (Lipinski definition) is 1. The summed E-state index contributed by atoms with van der Waals surface area (Å²) in [4.78, 5) is 35.6. The maximum absolute atomic E-state index is 12.7. The number of fused-ring (bicyclic) bond motifs is 1. The fourth-order valence-electron chi connectivity index (χ4n) is 3.72. The summed E-state index contributed by atoms with van der Waals surface area (Å²) in [7, 11) is 1.61. The molecular weight excluding hydrogens is 384 g/mol. The number of hydrogen-bond acceptors (Lipinski definition) is 6. The van der Waals surface area contributed by atoms with Crippen molar-refractivity contribution in [2.75, 3.05) is 20.2 Å². The van der Waals surface area contributed by atoms with Gasteiger partial charge in [0.2, 0.25) is 5.91 Å². The Kier molecular flexibility index (Phi) is 5.60. The zero-order valence-corrected chi connectivity index (χ0v) is 17.0. The number of para-hydroxylation sites is 1. The van der Waals surface area contributed by atoms with Crippen LogP contribution in [-0.2, 0) is 11.2 Å². The molecule has 1 fully saturated rings. The molecule has 0 unspecified atom stereocenters. The van der Waals surface area contributed by atoms with E-state index in [1.807, 2.05) is 29.2 Å². The minimum atomic E-state index is -0.217. The average Bonchev–Trinajstić information content (AvgIpc) is 3.14. The van der Waals surface area contributed by atoms with E-state index in [1.165, 1.54) is 4.52 Å². The number of ether oxygens (including phenoxy) is 1. The number of nitrogens with one attached hydrogen (secondary N) is 1. The number of aryl methyl sites for hydroxylation is 1. The molecule has 3 aromatic rings. The standard InChI is InChI=1S/C21H24N6O3/c1-14-23-21-22-10-7-17(27(21)25-14)20(29)24-16-8-11-26(12-9-16)19(28)13-15-5-3-4-6-18(15)30-2/h3-7,10,16H,8-9,11-13H2,1-2H3,(H,24,29). The molecule has 0 atom stereocenters. The topological polar surface area (TPSA) is 102 Å². The molecule has 1 saturated heterocycles. The fraction of sp³-hybridized carbons (Fsp3) is 0.381. The van der Waals surface area contributed by atoms with Crippen LogP contribution in [-0.4, -0.2) is 62.5 Å². The number of nitrogens with zero attached hydrogens (tertiary/aromatic N) is 5. The molecule has 1 aliphatic heterocycles. The lowest BCUT2D eigenvalue weighted by molar-refractivity contribution is -0.131. The van der Waals surface area contributed by atoms with Crippen molar-refractivity contribution in [3.8, 4) is 5.75 Å². The average molecular weight is 408 g/mol. The molecule has 2 amide bonds. The number of likely N-dealkylation sites (tertiary alicyclic amines) is 1. The first-order valence-electron chi connectivity index (χ1n) is 9.94. The van der Waals surface area contributed by atoms with E-state index in [-0.39, 0.29) is 17.9 Å². The molecule has 0 radical (unpaired) electrons. The Balaban J connectivity index is 1.34. The van der Waals surface area contributed by atoms with Crippen molar-refractivity contribution < 1.29 is 14.3 Å². The first-order chi connectivity index (χ1) is 14.5. The van der Waals surface area contributed by atoms with Gasteiger partial charge in [0.1, 0.15) is 17.3 Å². The van der Waals surface area contributed by atoms with Crippen LogP contribution < -0.4 is 10.1 Å². The molecule has 0 saturated carbocycles. The van der Waals surface area contributed by atoms with Gasteiger partial charge in [-0.3, -0.25) is 9.59 Å². The summed E-state index contributed by atoms with van der Waals surface area (Å²) in [6, 6.07) is 9.18. The lowest BCUT2D eigenvalue weighted by Crippen LogP contribution is -2.47. The Morgan fingerprint density at radius 3 is 2.73 bits per heavy atom. The molecule has 156 valence electrons. The number of aromatic nitrogens is 4. The molecule has 9 heteroatoms. The lowest BCUT2D eigenvalue weighted by Gasteiger charge is -2.32. The summed E-state index contributed by atoms with van der Waals surface area (Å²) in [6.07, 6.45) is 3.27. The lowest BCUT2D eigenvalue weighted by atomic mass is 10.0. The third-order valence-electron chi connectivity index (χ3n) is 5.30. The van der Waals surface area contributed by atoms with Crippen molar-refractivity contribution in [2.45, 2.75) is 32.2 Å². The van der Waals surface area contributed by atoms with Gasteiger partial charge in [-0.15, -0.1) is 5.10 Å². The van der Waals surface area contributed by atoms with E-state index in [0.717, 1.165) is 11.3 Å². The molecule has 30 heavy (non-hydrogen) atoms. The second-order valence-electron chi connectivity index (χ2n) is 7.32. The van der Waals surface area contributed by atoms with Gasteiger partial charge in [-0.2, -0.15) is 9.50 Å². The zero-order chi connectivity index (χ0) is 21.1. The predicted molar refractivity (Wildman–Crippen MR) is 109 cm³/mol. The van der Waals surface area contributed by atoms with E-state index in [0.29, 0.717) is 49.6 Å². The second kappa shape index (κ2) is 8.48. The second-order valence-corrected chi connectivity index (χ2v) is 7.32. The molecule has 2 aromatic heterocycles. The van der Waals surface area contributed by atoms with E-state index in [9.17, 15) is 9.59 Å². The third kappa shape index (κ3) is 4.10. The number of benzene rings is 1. The van der Waals surface area contributed by atoms with Gasteiger partial charge < -0.3 is 15.0 Å². The number of methoxy groups -OCH3 is 1. The van der Waals surface area contributed by atoms with Crippen molar-refractivity contribution >= 4 is 17.6 Å². The molecule has 3 heterocycles. The van der Waals surface area contributed by atoms with Crippen LogP contribution in [0.25, 0.3) is 5.78 Å². The number of carbonyl (C=O) groups excluding carboxylic acids is 2. The van der Waals surface area contributed by atoms with Crippen LogP contribution in [0.5, 0.6) is 5.75 Å². The summed E-state index contributed by atoms with van der Waals surface area (Å²) in [6.45, 7) is 2.97. The fourth-order valence-corrected chi connectivity index (χ4v) is 3.72. The van der Waals surface area contributed by atoms with E-state index < -0.39 is 0 Å². The molecule has 0 aliphatic carbocycles. The molecule has 9 nitrogen and oxygen atoms in total. The van der Waals surface area contributed by atoms with E-state index in [1.54, 1.807) is 26.3 Å². The molecule has 0 bridgehead atoms. The van der Waals surface area contributed by atoms with Crippen LogP contribution in [0.3, 0.4) is 0 Å². The number of carbonyl (C=O) groups is 2. The Labute approximate surface area is 174 Å². The van der Waals surface area contributed by atoms with Crippen LogP contribution >= 0.6 is 0 Å². The van der Waals surface area contributed by atoms with E-state index in [4.69, 9.17) is 4.74 Å². The Bertz CT molecular complexity index is 1070. The van der Waals surface area contributed by atoms with Crippen LogP contribution in [0.1, 0.15) is 34.7 Å². The quantitative estimate of drug-likeness (QED) is 0.685. The normalized spacial score (nSPS) is 14.7. The highest BCUT2D eigenvalue weighted by molar-refractivity contribution is 5.93. The van der Waals surface area contributed by atoms with E-state index >= 15 is 0 Å². The molecule has 1 N–H and O–H groups in total. The Morgan fingerprint density at radius 1 is 1.20 bits per heavy atom. The van der Waals surface area contributed by atoms with Gasteiger partial charge in [0.15, 0.2) is 0 Å². The maximum Gasteiger partial charge on any atom is 0.270 e. The van der Waals surface area contributed by atoms with Gasteiger partial charge in [-0.25, -0.2) is 4.98 Å². The number of piperidine rings is 1. The molecule has 1 aliphatic rings.